The van der Waals surface area contributed by atoms with Gasteiger partial charge in [-0.3, -0.25) is 19.2 Å². The van der Waals surface area contributed by atoms with Crippen LogP contribution in [0.2, 0.25) is 0 Å². The van der Waals surface area contributed by atoms with Gasteiger partial charge in [0.05, 0.1) is 71.9 Å². The average molecular weight is 1390 g/mol. The summed E-state index contributed by atoms with van der Waals surface area (Å²) in [5.74, 6) is -13.3. The SMILES string of the molecule is [Ca+2].[Mg+2].[NH3+][C@H](CCC(=O)N[C@H](Cc1c[nH]c2ccccc12)C(=O)[O-])C(=O)[O-].[NH3+][C@H](CCC(=O)N[C@H](Cc1c[nH]c2ccccc12)C(=O)[O-])C(=O)[O-].[NH3+][C@H](CCC(=O)N[C@H](Cc1c[nH]c2ccccc12)C(=O)[O-])C(=O)[O-].[NH3+][C@H](CCC(=O)N[C@H](Cc1c[nH]c2ccccc12)C(=O)[O-])C(=O)[O-]. The van der Waals surface area contributed by atoms with Gasteiger partial charge >= 0.3 is 60.8 Å². The van der Waals surface area contributed by atoms with Crippen LogP contribution in [0.15, 0.2) is 122 Å². The van der Waals surface area contributed by atoms with Crippen LogP contribution >= 0.6 is 0 Å². The van der Waals surface area contributed by atoms with Gasteiger partial charge in [0.1, 0.15) is 24.2 Å². The molecule has 4 aromatic heterocycles. The molecule has 32 nitrogen and oxygen atoms in total. The van der Waals surface area contributed by atoms with Gasteiger partial charge in [-0.25, -0.2) is 0 Å². The number of hydrogen-bond acceptors (Lipinski definition) is 20. The van der Waals surface area contributed by atoms with E-state index in [9.17, 15) is 98.4 Å². The number of carbonyl (C=O) groups is 12. The summed E-state index contributed by atoms with van der Waals surface area (Å²) in [6.45, 7) is 0. The van der Waals surface area contributed by atoms with Gasteiger partial charge in [-0.1, -0.05) is 72.8 Å². The summed E-state index contributed by atoms with van der Waals surface area (Å²) in [6.07, 6.45) is 6.29. The van der Waals surface area contributed by atoms with E-state index in [1.165, 1.54) is 0 Å². The molecule has 0 saturated carbocycles. The first-order valence-electron chi connectivity index (χ1n) is 29.9. The topological polar surface area (TPSA) is 611 Å². The number of amides is 4. The Labute approximate surface area is 603 Å². The van der Waals surface area contributed by atoms with Gasteiger partial charge in [0.15, 0.2) is 0 Å². The molecule has 0 aliphatic carbocycles. The zero-order valence-corrected chi connectivity index (χ0v) is 56.7. The van der Waals surface area contributed by atoms with E-state index in [1.807, 2.05) is 97.1 Å². The Morgan fingerprint density at radius 1 is 0.306 bits per heavy atom. The number of hydrogen-bond donors (Lipinski definition) is 12. The minimum Gasteiger partial charge on any atom is -0.548 e. The molecule has 34 heteroatoms. The number of H-pyrrole nitrogens is 4. The maximum Gasteiger partial charge on any atom is 2.00 e. The van der Waals surface area contributed by atoms with Crippen molar-refractivity contribution in [3.05, 3.63) is 144 Å². The number of rotatable bonds is 32. The molecule has 4 aromatic carbocycles. The number of carboxylic acids is 8. The monoisotopic (exact) mass is 1390 g/mol. The molecule has 0 saturated heterocycles. The summed E-state index contributed by atoms with van der Waals surface area (Å²) in [4.78, 5) is 147. The Kier molecular flexibility index (Phi) is 34.6. The van der Waals surface area contributed by atoms with E-state index in [-0.39, 0.29) is 138 Å². The predicted octanol–water partition coefficient (Wildman–Crippen LogP) is -12.4. The van der Waals surface area contributed by atoms with Crippen LogP contribution in [0.1, 0.15) is 73.6 Å². The zero-order chi connectivity index (χ0) is 70.8. The summed E-state index contributed by atoms with van der Waals surface area (Å²) in [6, 6.07) is 20.7. The molecule has 0 radical (unpaired) electrons. The molecule has 4 heterocycles. The number of carboxylic acid groups (broad SMARTS) is 8. The van der Waals surface area contributed by atoms with Crippen molar-refractivity contribution in [2.24, 2.45) is 0 Å². The fraction of sp³-hybridized carbons (Fsp3) is 0.312. The number of nitrogens with one attached hydrogen (secondary N) is 8. The normalized spacial score (nSPS) is 13.1. The van der Waals surface area contributed by atoms with E-state index in [0.29, 0.717) is 0 Å². The van der Waals surface area contributed by atoms with Crippen molar-refractivity contribution in [2.75, 3.05) is 0 Å². The zero-order valence-electron chi connectivity index (χ0n) is 53.1. The third-order valence-corrected chi connectivity index (χ3v) is 15.1. The summed E-state index contributed by atoms with van der Waals surface area (Å²) in [7, 11) is 0. The second kappa shape index (κ2) is 40.9. The first kappa shape index (κ1) is 82.8. The van der Waals surface area contributed by atoms with E-state index in [1.54, 1.807) is 24.8 Å². The van der Waals surface area contributed by atoms with Crippen molar-refractivity contribution in [2.45, 2.75) is 125 Å². The van der Waals surface area contributed by atoms with E-state index < -0.39 is 120 Å². The van der Waals surface area contributed by atoms with Crippen molar-refractivity contribution in [3.63, 3.8) is 0 Å². The van der Waals surface area contributed by atoms with E-state index in [0.717, 1.165) is 65.9 Å². The molecule has 8 atom stereocenters. The number of benzene rings is 4. The number of para-hydroxylation sites is 4. The molecule has 4 amide bonds. The third kappa shape index (κ3) is 26.5. The molecule has 98 heavy (non-hydrogen) atoms. The number of quaternary nitrogens is 4. The molecule has 0 unspecified atom stereocenters. The second-order valence-corrected chi connectivity index (χ2v) is 22.2. The Morgan fingerprint density at radius 2 is 0.480 bits per heavy atom. The molecule has 8 aromatic rings. The maximum atomic E-state index is 11.8. The van der Waals surface area contributed by atoms with Gasteiger partial charge in [-0.2, -0.15) is 0 Å². The molecule has 0 spiro atoms. The first-order chi connectivity index (χ1) is 45.5. The standard InChI is InChI=1S/4C16H19N3O5.Ca.Mg/c4*17-11(15(21)22)5-6-14(20)19-13(16(23)24)7-9-8-18-12-4-2-1-3-10(9)12;;/h4*1-4,8,11,13,18H,5-7,17H2,(H,19,20)(H,21,22)(H,23,24);;/q;;;;2*+2/p-4/t4*11-,13-;;/m1111../s1. The number of aromatic nitrogens is 4. The quantitative estimate of drug-likeness (QED) is 0.0174. The van der Waals surface area contributed by atoms with Crippen molar-refractivity contribution >= 4 is 176 Å². The van der Waals surface area contributed by atoms with E-state index in [2.05, 4.69) is 64.1 Å². The number of fused-ring (bicyclic) bond motifs is 4. The van der Waals surface area contributed by atoms with E-state index in [4.69, 9.17) is 0 Å². The van der Waals surface area contributed by atoms with Gasteiger partial charge in [0.2, 0.25) is 23.6 Å². The van der Waals surface area contributed by atoms with Gasteiger partial charge in [-0.15, -0.1) is 0 Å². The molecule has 512 valence electrons. The van der Waals surface area contributed by atoms with Crippen LogP contribution in [-0.2, 0) is 83.2 Å². The van der Waals surface area contributed by atoms with Crippen LogP contribution in [-0.4, -0.2) is 200 Å². The molecular formula is C64H72CaMgN12O20. The molecule has 20 N–H and O–H groups in total. The van der Waals surface area contributed by atoms with Crippen LogP contribution in [0.4, 0.5) is 0 Å². The maximum absolute atomic E-state index is 11.8. The minimum atomic E-state index is -1.40. The molecule has 0 aliphatic rings. The van der Waals surface area contributed by atoms with Crippen LogP contribution in [0.3, 0.4) is 0 Å². The molecule has 8 rings (SSSR count). The second-order valence-electron chi connectivity index (χ2n) is 22.2. The fourth-order valence-electron chi connectivity index (χ4n) is 9.61. The van der Waals surface area contributed by atoms with Crippen LogP contribution in [0.5, 0.6) is 0 Å². The Morgan fingerprint density at radius 3 is 0.643 bits per heavy atom. The molecule has 0 aliphatic heterocycles. The van der Waals surface area contributed by atoms with Gasteiger partial charge < -0.3 is 143 Å². The molecular weight excluding hydrogens is 1320 g/mol. The van der Waals surface area contributed by atoms with Crippen molar-refractivity contribution in [3.8, 4) is 0 Å². The predicted molar refractivity (Wildman–Crippen MR) is 331 cm³/mol. The van der Waals surface area contributed by atoms with E-state index >= 15 is 0 Å². The number of aromatic amines is 4. The summed E-state index contributed by atoms with van der Waals surface area (Å²) < 4.78 is 0. The Bertz CT molecular complexity index is 3550. The Hall–Kier alpha value is -9.45. The van der Waals surface area contributed by atoms with Crippen LogP contribution in [0, 0.1) is 0 Å². The van der Waals surface area contributed by atoms with Crippen LogP contribution < -0.4 is 85.1 Å². The van der Waals surface area contributed by atoms with Gasteiger partial charge in [0, 0.05) is 145 Å². The third-order valence-electron chi connectivity index (χ3n) is 15.1. The molecule has 0 bridgehead atoms. The minimum absolute atomic E-state index is 0. The number of carbonyl (C=O) groups excluding carboxylic acids is 12. The van der Waals surface area contributed by atoms with Crippen LogP contribution in [0.25, 0.3) is 43.6 Å². The van der Waals surface area contributed by atoms with Gasteiger partial charge in [0.25, 0.3) is 0 Å². The fourth-order valence-corrected chi connectivity index (χ4v) is 9.61. The van der Waals surface area contributed by atoms with Gasteiger partial charge in [-0.05, 0) is 46.5 Å². The summed E-state index contributed by atoms with van der Waals surface area (Å²) in [5, 5.41) is 100. The smallest absolute Gasteiger partial charge is 0.548 e. The van der Waals surface area contributed by atoms with Crippen molar-refractivity contribution in [1.82, 2.24) is 41.2 Å². The largest absolute Gasteiger partial charge is 2.00 e. The first-order valence-corrected chi connectivity index (χ1v) is 29.9. The summed E-state index contributed by atoms with van der Waals surface area (Å²) in [5.41, 5.74) is 19.8. The summed E-state index contributed by atoms with van der Waals surface area (Å²) >= 11 is 0. The average Bonchev–Trinajstić information content (AvgIpc) is 1.74. The molecule has 0 fully saturated rings. The van der Waals surface area contributed by atoms with Crippen molar-refractivity contribution < 1.29 is 121 Å². The Balaban J connectivity index is 0.000000338. The number of aliphatic carboxylic acids is 8. The van der Waals surface area contributed by atoms with Crippen molar-refractivity contribution in [1.29, 1.82) is 0 Å².